The molecule has 0 aliphatic rings. The molecule has 0 unspecified atom stereocenters. The molecule has 108 valence electrons. The zero-order valence-electron chi connectivity index (χ0n) is 12.8. The Hall–Kier alpha value is -1.09. The number of hydrogen-bond acceptors (Lipinski definition) is 2. The fourth-order valence-electron chi connectivity index (χ4n) is 2.26. The van der Waals surface area contributed by atoms with Gasteiger partial charge in [-0.25, -0.2) is 4.39 Å². The molecular formula is C16H27FN2. The second kappa shape index (κ2) is 7.49. The first-order valence-electron chi connectivity index (χ1n) is 7.11. The smallest absolute Gasteiger partial charge is 0.146 e. The number of benzene rings is 1. The highest BCUT2D eigenvalue weighted by molar-refractivity contribution is 5.54. The number of rotatable bonds is 7. The number of para-hydroxylation sites is 1. The molecule has 0 saturated heterocycles. The van der Waals surface area contributed by atoms with Gasteiger partial charge in [0.05, 0.1) is 5.69 Å². The van der Waals surface area contributed by atoms with Crippen LogP contribution in [0.15, 0.2) is 18.2 Å². The first kappa shape index (κ1) is 16.0. The third-order valence-corrected chi connectivity index (χ3v) is 2.96. The lowest BCUT2D eigenvalue weighted by molar-refractivity contribution is 0.547. The minimum absolute atomic E-state index is 0.132. The van der Waals surface area contributed by atoms with Crippen molar-refractivity contribution in [3.63, 3.8) is 0 Å². The van der Waals surface area contributed by atoms with Gasteiger partial charge in [-0.3, -0.25) is 0 Å². The molecule has 0 heterocycles. The van der Waals surface area contributed by atoms with Crippen LogP contribution in [0, 0.1) is 17.7 Å². The maximum Gasteiger partial charge on any atom is 0.146 e. The van der Waals surface area contributed by atoms with Crippen LogP contribution in [0.2, 0.25) is 0 Å². The highest BCUT2D eigenvalue weighted by Gasteiger charge is 2.13. The summed E-state index contributed by atoms with van der Waals surface area (Å²) in [6.07, 6.45) is 0. The molecule has 0 spiro atoms. The van der Waals surface area contributed by atoms with Crippen molar-refractivity contribution in [3.05, 3.63) is 29.6 Å². The summed E-state index contributed by atoms with van der Waals surface area (Å²) in [6.45, 7) is 11.2. The van der Waals surface area contributed by atoms with Crippen LogP contribution in [-0.4, -0.2) is 20.1 Å². The van der Waals surface area contributed by atoms with Crippen molar-refractivity contribution in [2.24, 2.45) is 11.8 Å². The Morgan fingerprint density at radius 2 is 1.84 bits per heavy atom. The Morgan fingerprint density at radius 3 is 2.42 bits per heavy atom. The van der Waals surface area contributed by atoms with E-state index in [1.54, 1.807) is 6.07 Å². The Morgan fingerprint density at radius 1 is 1.16 bits per heavy atom. The van der Waals surface area contributed by atoms with Crippen molar-refractivity contribution in [3.8, 4) is 0 Å². The van der Waals surface area contributed by atoms with E-state index >= 15 is 0 Å². The lowest BCUT2D eigenvalue weighted by atomic mass is 10.1. The number of anilines is 1. The summed E-state index contributed by atoms with van der Waals surface area (Å²) in [7, 11) is 1.96. The van der Waals surface area contributed by atoms with Crippen molar-refractivity contribution in [2.75, 3.05) is 25.0 Å². The third-order valence-electron chi connectivity index (χ3n) is 2.96. The van der Waals surface area contributed by atoms with E-state index in [9.17, 15) is 4.39 Å². The zero-order valence-corrected chi connectivity index (χ0v) is 12.8. The molecule has 0 saturated carbocycles. The van der Waals surface area contributed by atoms with Gasteiger partial charge in [-0.15, -0.1) is 0 Å². The van der Waals surface area contributed by atoms with E-state index < -0.39 is 0 Å². The lowest BCUT2D eigenvalue weighted by Crippen LogP contribution is -2.26. The van der Waals surface area contributed by atoms with Gasteiger partial charge in [0.25, 0.3) is 0 Å². The second-order valence-corrected chi connectivity index (χ2v) is 6.05. The average molecular weight is 266 g/mol. The number of nitrogens with one attached hydrogen (secondary N) is 1. The molecular weight excluding hydrogens is 239 g/mol. The number of hydrogen-bond donors (Lipinski definition) is 1. The quantitative estimate of drug-likeness (QED) is 0.810. The Bertz CT molecular complexity index is 388. The van der Waals surface area contributed by atoms with Crippen LogP contribution in [0.3, 0.4) is 0 Å². The fourth-order valence-corrected chi connectivity index (χ4v) is 2.26. The van der Waals surface area contributed by atoms with E-state index in [2.05, 4.69) is 33.0 Å². The van der Waals surface area contributed by atoms with Gasteiger partial charge < -0.3 is 10.2 Å². The van der Waals surface area contributed by atoms with Gasteiger partial charge >= 0.3 is 0 Å². The normalized spacial score (nSPS) is 11.4. The minimum Gasteiger partial charge on any atom is -0.372 e. The minimum atomic E-state index is -0.132. The monoisotopic (exact) mass is 266 g/mol. The standard InChI is InChI=1S/C16H27FN2/c1-12(2)9-18-10-14-7-6-8-15(17)16(14)19(5)11-13(3)4/h6-8,12-13,18H,9-11H2,1-5H3. The Labute approximate surface area is 117 Å². The van der Waals surface area contributed by atoms with E-state index in [-0.39, 0.29) is 5.82 Å². The molecule has 0 aliphatic heterocycles. The molecule has 1 aromatic rings. The van der Waals surface area contributed by atoms with Gasteiger partial charge in [-0.05, 0) is 30.0 Å². The van der Waals surface area contributed by atoms with E-state index in [0.717, 1.165) is 24.3 Å². The summed E-state index contributed by atoms with van der Waals surface area (Å²) in [5.74, 6) is 0.985. The van der Waals surface area contributed by atoms with Crippen LogP contribution in [0.4, 0.5) is 10.1 Å². The van der Waals surface area contributed by atoms with E-state index in [1.165, 1.54) is 6.07 Å². The average Bonchev–Trinajstić information content (AvgIpc) is 2.27. The molecule has 0 radical (unpaired) electrons. The SMILES string of the molecule is CC(C)CNCc1cccc(F)c1N(C)CC(C)C. The van der Waals surface area contributed by atoms with Crippen molar-refractivity contribution < 1.29 is 4.39 Å². The van der Waals surface area contributed by atoms with Gasteiger partial charge in [0, 0.05) is 20.1 Å². The van der Waals surface area contributed by atoms with Crippen LogP contribution in [0.5, 0.6) is 0 Å². The molecule has 1 rings (SSSR count). The van der Waals surface area contributed by atoms with E-state index in [0.29, 0.717) is 18.4 Å². The molecule has 1 N–H and O–H groups in total. The molecule has 19 heavy (non-hydrogen) atoms. The molecule has 0 aromatic heterocycles. The van der Waals surface area contributed by atoms with Gasteiger partial charge in [0.15, 0.2) is 0 Å². The van der Waals surface area contributed by atoms with Crippen LogP contribution in [0.25, 0.3) is 0 Å². The summed E-state index contributed by atoms with van der Waals surface area (Å²) in [4.78, 5) is 2.02. The topological polar surface area (TPSA) is 15.3 Å². The summed E-state index contributed by atoms with van der Waals surface area (Å²) < 4.78 is 14.1. The van der Waals surface area contributed by atoms with Crippen LogP contribution in [0.1, 0.15) is 33.3 Å². The highest BCUT2D eigenvalue weighted by Crippen LogP contribution is 2.24. The largest absolute Gasteiger partial charge is 0.372 e. The highest BCUT2D eigenvalue weighted by atomic mass is 19.1. The summed E-state index contributed by atoms with van der Waals surface area (Å²) in [5.41, 5.74) is 1.76. The van der Waals surface area contributed by atoms with Gasteiger partial charge in [-0.1, -0.05) is 39.8 Å². The molecule has 2 nitrogen and oxygen atoms in total. The third kappa shape index (κ3) is 5.19. The fraction of sp³-hybridized carbons (Fsp3) is 0.625. The molecule has 0 amide bonds. The van der Waals surface area contributed by atoms with Crippen LogP contribution in [-0.2, 0) is 6.54 Å². The van der Waals surface area contributed by atoms with Crippen molar-refractivity contribution in [1.82, 2.24) is 5.32 Å². The van der Waals surface area contributed by atoms with Gasteiger partial charge in [0.2, 0.25) is 0 Å². The lowest BCUT2D eigenvalue weighted by Gasteiger charge is -2.25. The summed E-state index contributed by atoms with van der Waals surface area (Å²) >= 11 is 0. The Kier molecular flexibility index (Phi) is 6.29. The molecule has 0 bridgehead atoms. The molecule has 0 aliphatic carbocycles. The van der Waals surface area contributed by atoms with Gasteiger partial charge in [0.1, 0.15) is 5.82 Å². The van der Waals surface area contributed by atoms with E-state index in [4.69, 9.17) is 0 Å². The predicted octanol–water partition coefficient (Wildman–Crippen LogP) is 3.66. The maximum atomic E-state index is 14.1. The molecule has 3 heteroatoms. The maximum absolute atomic E-state index is 14.1. The van der Waals surface area contributed by atoms with Crippen molar-refractivity contribution in [1.29, 1.82) is 0 Å². The first-order valence-corrected chi connectivity index (χ1v) is 7.11. The molecule has 0 fully saturated rings. The number of halogens is 1. The first-order chi connectivity index (χ1) is 8.91. The molecule has 0 atom stereocenters. The van der Waals surface area contributed by atoms with Gasteiger partial charge in [-0.2, -0.15) is 0 Å². The summed E-state index contributed by atoms with van der Waals surface area (Å²) in [6, 6.07) is 5.33. The summed E-state index contributed by atoms with van der Waals surface area (Å²) in [5, 5.41) is 3.38. The molecule has 1 aromatic carbocycles. The Balaban J connectivity index is 2.82. The van der Waals surface area contributed by atoms with Crippen molar-refractivity contribution >= 4 is 5.69 Å². The van der Waals surface area contributed by atoms with Crippen LogP contribution < -0.4 is 10.2 Å². The second-order valence-electron chi connectivity index (χ2n) is 6.05. The number of nitrogens with zero attached hydrogens (tertiary/aromatic N) is 1. The van der Waals surface area contributed by atoms with Crippen molar-refractivity contribution in [2.45, 2.75) is 34.2 Å². The van der Waals surface area contributed by atoms with Crippen LogP contribution >= 0.6 is 0 Å². The van der Waals surface area contributed by atoms with E-state index in [1.807, 2.05) is 18.0 Å². The predicted molar refractivity (Wildman–Crippen MR) is 81.1 cm³/mol. The zero-order chi connectivity index (χ0) is 14.4.